The van der Waals surface area contributed by atoms with Crippen LogP contribution in [0.5, 0.6) is 0 Å². The van der Waals surface area contributed by atoms with Crippen LogP contribution in [0.25, 0.3) is 6.08 Å². The van der Waals surface area contributed by atoms with Gasteiger partial charge in [0.05, 0.1) is 6.21 Å². The third-order valence-corrected chi connectivity index (χ3v) is 4.59. The Bertz CT molecular complexity index is 808. The molecule has 0 spiro atoms. The Morgan fingerprint density at radius 3 is 2.26 bits per heavy atom. The minimum atomic E-state index is -0.392. The first-order chi connectivity index (χ1) is 12.8. The van der Waals surface area contributed by atoms with Gasteiger partial charge in [-0.15, -0.1) is 0 Å². The number of carbonyl (C=O) groups is 1. The molecule has 2 N–H and O–H groups in total. The summed E-state index contributed by atoms with van der Waals surface area (Å²) < 4.78 is 0.996. The highest BCUT2D eigenvalue weighted by atomic mass is 79.9. The standard InChI is InChI=1S/C22H26BrN3O/c1-15(2)19-7-5-18(6-8-19)13-16(3)14-24-26-22(27)17(4)25-21-11-9-20(23)10-12-21/h5-15,17,25H,1-4H3,(H,26,27)/b16-13+,24-14-/t17-/m0/s1. The SMILES string of the molecule is CC(/C=N\NC(=O)[C@H](C)Nc1ccc(Br)cc1)=C\c1ccc(C(C)C)cc1. The molecule has 142 valence electrons. The fraction of sp³-hybridized carbons (Fsp3) is 0.273. The van der Waals surface area contributed by atoms with Crippen LogP contribution in [0, 0.1) is 0 Å². The highest BCUT2D eigenvalue weighted by Gasteiger charge is 2.11. The summed E-state index contributed by atoms with van der Waals surface area (Å²) in [4.78, 5) is 12.1. The van der Waals surface area contributed by atoms with E-state index in [1.54, 1.807) is 13.1 Å². The number of allylic oxidation sites excluding steroid dienone is 1. The molecule has 0 fully saturated rings. The molecule has 2 aromatic rings. The topological polar surface area (TPSA) is 53.5 Å². The van der Waals surface area contributed by atoms with Crippen molar-refractivity contribution in [1.82, 2.24) is 5.43 Å². The van der Waals surface area contributed by atoms with Crippen LogP contribution in [0.4, 0.5) is 5.69 Å². The smallest absolute Gasteiger partial charge is 0.262 e. The monoisotopic (exact) mass is 427 g/mol. The Kier molecular flexibility index (Phi) is 7.80. The van der Waals surface area contributed by atoms with E-state index in [-0.39, 0.29) is 5.91 Å². The van der Waals surface area contributed by atoms with Crippen LogP contribution in [0.2, 0.25) is 0 Å². The molecule has 0 saturated heterocycles. The summed E-state index contributed by atoms with van der Waals surface area (Å²) in [6, 6.07) is 15.7. The number of nitrogens with one attached hydrogen (secondary N) is 2. The lowest BCUT2D eigenvalue weighted by Gasteiger charge is -2.13. The van der Waals surface area contributed by atoms with Crippen LogP contribution in [-0.2, 0) is 4.79 Å². The third-order valence-electron chi connectivity index (χ3n) is 4.06. The quantitative estimate of drug-likeness (QED) is 0.447. The zero-order valence-corrected chi connectivity index (χ0v) is 17.7. The second-order valence-corrected chi connectivity index (χ2v) is 7.73. The average Bonchev–Trinajstić information content (AvgIpc) is 2.64. The number of hydrogen-bond acceptors (Lipinski definition) is 3. The zero-order valence-electron chi connectivity index (χ0n) is 16.2. The van der Waals surface area contributed by atoms with E-state index in [0.29, 0.717) is 5.92 Å². The highest BCUT2D eigenvalue weighted by molar-refractivity contribution is 9.10. The first kappa shape index (κ1) is 20.9. The number of halogens is 1. The van der Waals surface area contributed by atoms with Gasteiger partial charge in [0.2, 0.25) is 0 Å². The number of anilines is 1. The van der Waals surface area contributed by atoms with Gasteiger partial charge < -0.3 is 5.32 Å². The molecule has 0 radical (unpaired) electrons. The van der Waals surface area contributed by atoms with E-state index in [4.69, 9.17) is 0 Å². The first-order valence-corrected chi connectivity index (χ1v) is 9.77. The van der Waals surface area contributed by atoms with E-state index in [2.05, 4.69) is 69.9 Å². The summed E-state index contributed by atoms with van der Waals surface area (Å²) >= 11 is 3.39. The molecule has 1 atom stereocenters. The van der Waals surface area contributed by atoms with Crippen LogP contribution < -0.4 is 10.7 Å². The molecule has 4 nitrogen and oxygen atoms in total. The van der Waals surface area contributed by atoms with Gasteiger partial charge in [-0.3, -0.25) is 4.79 Å². The van der Waals surface area contributed by atoms with Gasteiger partial charge in [0.1, 0.15) is 6.04 Å². The lowest BCUT2D eigenvalue weighted by atomic mass is 10.0. The van der Waals surface area contributed by atoms with Crippen molar-refractivity contribution in [3.63, 3.8) is 0 Å². The maximum absolute atomic E-state index is 12.1. The van der Waals surface area contributed by atoms with E-state index in [9.17, 15) is 4.79 Å². The van der Waals surface area contributed by atoms with Crippen LogP contribution in [0.1, 0.15) is 44.7 Å². The average molecular weight is 428 g/mol. The fourth-order valence-electron chi connectivity index (χ4n) is 2.43. The van der Waals surface area contributed by atoms with Gasteiger partial charge in [-0.2, -0.15) is 5.10 Å². The van der Waals surface area contributed by atoms with E-state index in [1.807, 2.05) is 37.3 Å². The molecule has 27 heavy (non-hydrogen) atoms. The van der Waals surface area contributed by atoms with Gasteiger partial charge >= 0.3 is 0 Å². The number of hydrogen-bond donors (Lipinski definition) is 2. The molecule has 0 aromatic heterocycles. The van der Waals surface area contributed by atoms with Gasteiger partial charge in [-0.05, 0) is 60.7 Å². The minimum Gasteiger partial charge on any atom is -0.374 e. The van der Waals surface area contributed by atoms with Crippen molar-refractivity contribution in [1.29, 1.82) is 0 Å². The summed E-state index contributed by atoms with van der Waals surface area (Å²) in [5.74, 6) is 0.331. The van der Waals surface area contributed by atoms with Gasteiger partial charge in [-0.1, -0.05) is 60.1 Å². The third kappa shape index (κ3) is 7.02. The van der Waals surface area contributed by atoms with Gasteiger partial charge in [0.25, 0.3) is 5.91 Å². The van der Waals surface area contributed by atoms with Crippen molar-refractivity contribution >= 4 is 39.8 Å². The molecule has 0 saturated carbocycles. The molecule has 0 unspecified atom stereocenters. The predicted molar refractivity (Wildman–Crippen MR) is 118 cm³/mol. The van der Waals surface area contributed by atoms with Crippen molar-refractivity contribution < 1.29 is 4.79 Å². The molecular weight excluding hydrogens is 402 g/mol. The van der Waals surface area contributed by atoms with Crippen molar-refractivity contribution in [3.8, 4) is 0 Å². The van der Waals surface area contributed by atoms with Gasteiger partial charge in [0.15, 0.2) is 0 Å². The molecule has 0 aliphatic carbocycles. The highest BCUT2D eigenvalue weighted by Crippen LogP contribution is 2.16. The lowest BCUT2D eigenvalue weighted by Crippen LogP contribution is -2.34. The van der Waals surface area contributed by atoms with Crippen LogP contribution in [0.3, 0.4) is 0 Å². The molecule has 5 heteroatoms. The Labute approximate surface area is 169 Å². The van der Waals surface area contributed by atoms with Crippen molar-refractivity contribution in [2.24, 2.45) is 5.10 Å². The van der Waals surface area contributed by atoms with Crippen LogP contribution in [0.15, 0.2) is 63.7 Å². The maximum atomic E-state index is 12.1. The molecular formula is C22H26BrN3O. The van der Waals surface area contributed by atoms with Crippen molar-refractivity contribution in [2.45, 2.75) is 39.7 Å². The lowest BCUT2D eigenvalue weighted by molar-refractivity contribution is -0.121. The van der Waals surface area contributed by atoms with E-state index < -0.39 is 6.04 Å². The molecule has 2 rings (SSSR count). The predicted octanol–water partition coefficient (Wildman–Crippen LogP) is 5.58. The number of benzene rings is 2. The van der Waals surface area contributed by atoms with Crippen molar-refractivity contribution in [2.75, 3.05) is 5.32 Å². The summed E-state index contributed by atoms with van der Waals surface area (Å²) in [5.41, 5.74) is 6.84. The van der Waals surface area contributed by atoms with Gasteiger partial charge in [-0.25, -0.2) is 5.43 Å². The fourth-order valence-corrected chi connectivity index (χ4v) is 2.70. The summed E-state index contributed by atoms with van der Waals surface area (Å²) in [7, 11) is 0. The summed E-state index contributed by atoms with van der Waals surface area (Å²) in [6.07, 6.45) is 3.68. The number of rotatable bonds is 7. The van der Waals surface area contributed by atoms with E-state index >= 15 is 0 Å². The van der Waals surface area contributed by atoms with E-state index in [1.165, 1.54) is 5.56 Å². The number of nitrogens with zero attached hydrogens (tertiary/aromatic N) is 1. The Morgan fingerprint density at radius 2 is 1.67 bits per heavy atom. The Balaban J connectivity index is 1.87. The zero-order chi connectivity index (χ0) is 19.8. The number of carbonyl (C=O) groups excluding carboxylic acids is 1. The summed E-state index contributed by atoms with van der Waals surface area (Å²) in [6.45, 7) is 8.11. The number of amides is 1. The number of hydrazone groups is 1. The molecule has 1 amide bonds. The minimum absolute atomic E-state index is 0.191. The second-order valence-electron chi connectivity index (χ2n) is 6.82. The normalized spacial score (nSPS) is 13.0. The molecule has 2 aromatic carbocycles. The van der Waals surface area contributed by atoms with Crippen molar-refractivity contribution in [3.05, 3.63) is 69.7 Å². The largest absolute Gasteiger partial charge is 0.374 e. The molecule has 0 bridgehead atoms. The maximum Gasteiger partial charge on any atom is 0.262 e. The molecule has 0 heterocycles. The Hall–Kier alpha value is -2.40. The first-order valence-electron chi connectivity index (χ1n) is 8.98. The Morgan fingerprint density at radius 1 is 1.04 bits per heavy atom. The molecule has 0 aliphatic rings. The van der Waals surface area contributed by atoms with Crippen LogP contribution in [-0.4, -0.2) is 18.2 Å². The van der Waals surface area contributed by atoms with Crippen LogP contribution >= 0.6 is 15.9 Å². The molecule has 0 aliphatic heterocycles. The second kappa shape index (κ2) is 10.1. The summed E-state index contributed by atoms with van der Waals surface area (Å²) in [5, 5.41) is 7.19. The van der Waals surface area contributed by atoms with E-state index in [0.717, 1.165) is 21.3 Å². The van der Waals surface area contributed by atoms with Gasteiger partial charge in [0, 0.05) is 10.2 Å².